The van der Waals surface area contributed by atoms with E-state index < -0.39 is 0 Å². The minimum absolute atomic E-state index is 0.0449. The summed E-state index contributed by atoms with van der Waals surface area (Å²) in [5.41, 5.74) is 6.47. The van der Waals surface area contributed by atoms with Gasteiger partial charge in [-0.25, -0.2) is 0 Å². The molecular formula is C15H28N4OS. The van der Waals surface area contributed by atoms with Crippen molar-refractivity contribution < 1.29 is 4.79 Å². The number of carbonyl (C=O) groups excluding carboxylic acids is 1. The molecule has 0 radical (unpaired) electrons. The van der Waals surface area contributed by atoms with Gasteiger partial charge in [0, 0.05) is 39.3 Å². The number of nitrogen functional groups attached to an aromatic ring is 1. The molecule has 1 heterocycles. The SMILES string of the molecule is CC(C)N(CCNc1cc(N)c(C(=O)N(C)C)s1)C(C)C. The monoisotopic (exact) mass is 312 g/mol. The van der Waals surface area contributed by atoms with Crippen molar-refractivity contribution in [2.24, 2.45) is 0 Å². The van der Waals surface area contributed by atoms with Gasteiger partial charge in [-0.3, -0.25) is 9.69 Å². The summed E-state index contributed by atoms with van der Waals surface area (Å²) in [7, 11) is 3.47. The summed E-state index contributed by atoms with van der Waals surface area (Å²) < 4.78 is 0. The maximum Gasteiger partial charge on any atom is 0.265 e. The second-order valence-electron chi connectivity index (χ2n) is 5.95. The first-order valence-corrected chi connectivity index (χ1v) is 8.16. The van der Waals surface area contributed by atoms with Crippen LogP contribution in [0.15, 0.2) is 6.07 Å². The number of hydrogen-bond donors (Lipinski definition) is 2. The number of carbonyl (C=O) groups is 1. The van der Waals surface area contributed by atoms with Crippen molar-refractivity contribution in [2.75, 3.05) is 38.2 Å². The summed E-state index contributed by atoms with van der Waals surface area (Å²) in [5.74, 6) is -0.0449. The number of amides is 1. The molecule has 1 rings (SSSR count). The maximum absolute atomic E-state index is 12.0. The summed E-state index contributed by atoms with van der Waals surface area (Å²) in [6.45, 7) is 10.6. The third-order valence-corrected chi connectivity index (χ3v) is 4.45. The molecular weight excluding hydrogens is 284 g/mol. The van der Waals surface area contributed by atoms with Crippen LogP contribution in [0, 0.1) is 0 Å². The van der Waals surface area contributed by atoms with Crippen molar-refractivity contribution in [2.45, 2.75) is 39.8 Å². The summed E-state index contributed by atoms with van der Waals surface area (Å²) >= 11 is 1.42. The van der Waals surface area contributed by atoms with E-state index in [9.17, 15) is 4.79 Å². The van der Waals surface area contributed by atoms with E-state index >= 15 is 0 Å². The Hall–Kier alpha value is -1.27. The number of nitrogens with one attached hydrogen (secondary N) is 1. The Labute approximate surface area is 132 Å². The Morgan fingerprint density at radius 1 is 1.29 bits per heavy atom. The molecule has 6 heteroatoms. The zero-order valence-electron chi connectivity index (χ0n) is 13.9. The van der Waals surface area contributed by atoms with Gasteiger partial charge in [0.2, 0.25) is 0 Å². The molecule has 0 bridgehead atoms. The fraction of sp³-hybridized carbons (Fsp3) is 0.667. The molecule has 1 amide bonds. The lowest BCUT2D eigenvalue weighted by atomic mass is 10.2. The van der Waals surface area contributed by atoms with Crippen LogP contribution in [0.5, 0.6) is 0 Å². The fourth-order valence-corrected chi connectivity index (χ4v) is 3.31. The Bertz CT molecular complexity index is 460. The quantitative estimate of drug-likeness (QED) is 0.812. The molecule has 0 aliphatic rings. The first-order valence-electron chi connectivity index (χ1n) is 7.34. The number of anilines is 2. The molecule has 0 saturated carbocycles. The van der Waals surface area contributed by atoms with Gasteiger partial charge in [0.15, 0.2) is 0 Å². The fourth-order valence-electron chi connectivity index (χ4n) is 2.28. The van der Waals surface area contributed by atoms with Gasteiger partial charge in [0.05, 0.1) is 10.7 Å². The Kier molecular flexibility index (Phi) is 6.48. The second-order valence-corrected chi connectivity index (χ2v) is 7.00. The molecule has 0 aromatic carbocycles. The molecule has 1 aromatic heterocycles. The van der Waals surface area contributed by atoms with E-state index in [4.69, 9.17) is 5.73 Å². The molecule has 0 spiro atoms. The highest BCUT2D eigenvalue weighted by Gasteiger charge is 2.17. The number of thiophene rings is 1. The number of rotatable bonds is 7. The van der Waals surface area contributed by atoms with Crippen molar-refractivity contribution in [1.82, 2.24) is 9.80 Å². The average molecular weight is 312 g/mol. The van der Waals surface area contributed by atoms with Crippen LogP contribution >= 0.6 is 11.3 Å². The molecule has 0 unspecified atom stereocenters. The average Bonchev–Trinajstić information content (AvgIpc) is 2.73. The summed E-state index contributed by atoms with van der Waals surface area (Å²) in [4.78, 5) is 16.5. The third-order valence-electron chi connectivity index (χ3n) is 3.36. The van der Waals surface area contributed by atoms with E-state index in [0.717, 1.165) is 18.1 Å². The predicted molar refractivity (Wildman–Crippen MR) is 92.2 cm³/mol. The molecule has 0 aliphatic carbocycles. The summed E-state index contributed by atoms with van der Waals surface area (Å²) in [6.07, 6.45) is 0. The standard InChI is InChI=1S/C15H28N4OS/c1-10(2)19(11(3)4)8-7-17-13-9-12(16)14(21-13)15(20)18(5)6/h9-11,17H,7-8,16H2,1-6H3. The van der Waals surface area contributed by atoms with Gasteiger partial charge in [-0.1, -0.05) is 0 Å². The number of hydrogen-bond acceptors (Lipinski definition) is 5. The Balaban J connectivity index is 2.61. The van der Waals surface area contributed by atoms with Crippen LogP contribution in [0.3, 0.4) is 0 Å². The number of nitrogens with two attached hydrogens (primary N) is 1. The molecule has 120 valence electrons. The van der Waals surface area contributed by atoms with Crippen molar-refractivity contribution in [1.29, 1.82) is 0 Å². The molecule has 0 aliphatic heterocycles. The van der Waals surface area contributed by atoms with Crippen LogP contribution in [-0.2, 0) is 0 Å². The van der Waals surface area contributed by atoms with Crippen LogP contribution in [0.25, 0.3) is 0 Å². The van der Waals surface area contributed by atoms with Crippen molar-refractivity contribution in [3.8, 4) is 0 Å². The minimum atomic E-state index is -0.0449. The first-order chi connectivity index (χ1) is 9.73. The van der Waals surface area contributed by atoms with Crippen LogP contribution in [0.2, 0.25) is 0 Å². The highest BCUT2D eigenvalue weighted by Crippen LogP contribution is 2.29. The smallest absolute Gasteiger partial charge is 0.265 e. The summed E-state index contributed by atoms with van der Waals surface area (Å²) in [5, 5.41) is 4.32. The van der Waals surface area contributed by atoms with Crippen molar-refractivity contribution >= 4 is 27.9 Å². The van der Waals surface area contributed by atoms with E-state index in [1.807, 2.05) is 6.07 Å². The Morgan fingerprint density at radius 2 is 1.86 bits per heavy atom. The van der Waals surface area contributed by atoms with E-state index in [0.29, 0.717) is 22.6 Å². The van der Waals surface area contributed by atoms with Crippen LogP contribution < -0.4 is 11.1 Å². The molecule has 1 aromatic rings. The lowest BCUT2D eigenvalue weighted by Crippen LogP contribution is -2.40. The second kappa shape index (κ2) is 7.66. The zero-order chi connectivity index (χ0) is 16.2. The first kappa shape index (κ1) is 17.8. The van der Waals surface area contributed by atoms with E-state index in [-0.39, 0.29) is 5.91 Å². The van der Waals surface area contributed by atoms with E-state index in [1.54, 1.807) is 19.0 Å². The normalized spacial score (nSPS) is 11.5. The van der Waals surface area contributed by atoms with Gasteiger partial charge in [-0.15, -0.1) is 11.3 Å². The van der Waals surface area contributed by atoms with Crippen LogP contribution in [0.1, 0.15) is 37.4 Å². The molecule has 3 N–H and O–H groups in total. The minimum Gasteiger partial charge on any atom is -0.397 e. The van der Waals surface area contributed by atoms with E-state index in [1.165, 1.54) is 11.3 Å². The molecule has 0 saturated heterocycles. The van der Waals surface area contributed by atoms with Gasteiger partial charge < -0.3 is 16.0 Å². The van der Waals surface area contributed by atoms with Gasteiger partial charge in [-0.05, 0) is 33.8 Å². The van der Waals surface area contributed by atoms with Crippen LogP contribution in [0.4, 0.5) is 10.7 Å². The Morgan fingerprint density at radius 3 is 2.33 bits per heavy atom. The topological polar surface area (TPSA) is 61.6 Å². The van der Waals surface area contributed by atoms with Crippen molar-refractivity contribution in [3.63, 3.8) is 0 Å². The largest absolute Gasteiger partial charge is 0.397 e. The van der Waals surface area contributed by atoms with Gasteiger partial charge in [-0.2, -0.15) is 0 Å². The lowest BCUT2D eigenvalue weighted by Gasteiger charge is -2.30. The highest BCUT2D eigenvalue weighted by atomic mass is 32.1. The maximum atomic E-state index is 12.0. The van der Waals surface area contributed by atoms with Crippen LogP contribution in [-0.4, -0.2) is 55.0 Å². The third kappa shape index (κ3) is 4.89. The molecule has 0 fully saturated rings. The molecule has 21 heavy (non-hydrogen) atoms. The van der Waals surface area contributed by atoms with Gasteiger partial charge in [0.1, 0.15) is 4.88 Å². The zero-order valence-corrected chi connectivity index (χ0v) is 14.8. The van der Waals surface area contributed by atoms with Gasteiger partial charge >= 0.3 is 0 Å². The lowest BCUT2D eigenvalue weighted by molar-refractivity contribution is 0.0833. The molecule has 5 nitrogen and oxygen atoms in total. The van der Waals surface area contributed by atoms with Gasteiger partial charge in [0.25, 0.3) is 5.91 Å². The summed E-state index contributed by atoms with van der Waals surface area (Å²) in [6, 6.07) is 2.88. The predicted octanol–water partition coefficient (Wildman–Crippen LogP) is 2.56. The highest BCUT2D eigenvalue weighted by molar-refractivity contribution is 7.18. The number of nitrogens with zero attached hydrogens (tertiary/aromatic N) is 2. The van der Waals surface area contributed by atoms with Crippen molar-refractivity contribution in [3.05, 3.63) is 10.9 Å². The molecule has 0 atom stereocenters. The van der Waals surface area contributed by atoms with E-state index in [2.05, 4.69) is 37.9 Å².